The molecule has 3 aromatic rings. The highest BCUT2D eigenvalue weighted by Gasteiger charge is 2.18. The van der Waals surface area contributed by atoms with Crippen LogP contribution in [-0.2, 0) is 10.0 Å². The summed E-state index contributed by atoms with van der Waals surface area (Å²) in [5, 5.41) is 8.95. The van der Waals surface area contributed by atoms with E-state index in [9.17, 15) is 12.8 Å². The van der Waals surface area contributed by atoms with Gasteiger partial charge in [0.25, 0.3) is 0 Å². The first kappa shape index (κ1) is 19.5. The lowest BCUT2D eigenvalue weighted by Crippen LogP contribution is -2.24. The maximum Gasteiger partial charge on any atom is 0.208 e. The van der Waals surface area contributed by atoms with E-state index in [-0.39, 0.29) is 12.4 Å². The Labute approximate surface area is 161 Å². The highest BCUT2D eigenvalue weighted by atomic mass is 32.2. The molecule has 142 valence electrons. The molecule has 0 radical (unpaired) electrons. The highest BCUT2D eigenvalue weighted by molar-refractivity contribution is 7.99. The standard InChI is InChI=1S/C18H19FN4O2S2/c1-13-7-9-14(10-8-13)23-17(15-5-3-4-6-16(15)19)21-22-18(23)26-12-11-20-27(2,24)25/h3-10,20H,11-12H2,1-2H3. The van der Waals surface area contributed by atoms with Gasteiger partial charge in [-0.25, -0.2) is 17.5 Å². The average molecular weight is 407 g/mol. The van der Waals surface area contributed by atoms with Crippen molar-refractivity contribution in [2.24, 2.45) is 0 Å². The van der Waals surface area contributed by atoms with Crippen molar-refractivity contribution in [2.75, 3.05) is 18.6 Å². The molecule has 0 atom stereocenters. The van der Waals surface area contributed by atoms with E-state index in [0.717, 1.165) is 17.5 Å². The number of nitrogens with zero attached hydrogens (tertiary/aromatic N) is 3. The Bertz CT molecular complexity index is 1030. The summed E-state index contributed by atoms with van der Waals surface area (Å²) in [6.07, 6.45) is 1.11. The zero-order valence-corrected chi connectivity index (χ0v) is 16.5. The number of halogens is 1. The van der Waals surface area contributed by atoms with Crippen LogP contribution >= 0.6 is 11.8 Å². The molecule has 0 amide bonds. The molecular formula is C18H19FN4O2S2. The van der Waals surface area contributed by atoms with Gasteiger partial charge in [0.15, 0.2) is 11.0 Å². The molecule has 0 saturated heterocycles. The number of aryl methyl sites for hydroxylation is 1. The molecule has 0 fully saturated rings. The van der Waals surface area contributed by atoms with E-state index < -0.39 is 10.0 Å². The van der Waals surface area contributed by atoms with Gasteiger partial charge in [-0.15, -0.1) is 10.2 Å². The van der Waals surface area contributed by atoms with Crippen LogP contribution in [0, 0.1) is 12.7 Å². The fraction of sp³-hybridized carbons (Fsp3) is 0.222. The van der Waals surface area contributed by atoms with Crippen molar-refractivity contribution in [1.29, 1.82) is 0 Å². The van der Waals surface area contributed by atoms with Crippen LogP contribution in [0.3, 0.4) is 0 Å². The summed E-state index contributed by atoms with van der Waals surface area (Å²) in [4.78, 5) is 0. The molecule has 27 heavy (non-hydrogen) atoms. The number of hydrogen-bond acceptors (Lipinski definition) is 5. The lowest BCUT2D eigenvalue weighted by Gasteiger charge is -2.11. The van der Waals surface area contributed by atoms with Gasteiger partial charge in [0.2, 0.25) is 10.0 Å². The highest BCUT2D eigenvalue weighted by Crippen LogP contribution is 2.29. The van der Waals surface area contributed by atoms with Crippen molar-refractivity contribution in [3.8, 4) is 17.1 Å². The Morgan fingerprint density at radius 3 is 2.48 bits per heavy atom. The van der Waals surface area contributed by atoms with E-state index in [4.69, 9.17) is 0 Å². The Morgan fingerprint density at radius 2 is 1.81 bits per heavy atom. The SMILES string of the molecule is Cc1ccc(-n2c(SCCNS(C)(=O)=O)nnc2-c2ccccc2F)cc1. The first-order valence-corrected chi connectivity index (χ1v) is 11.1. The van der Waals surface area contributed by atoms with E-state index >= 15 is 0 Å². The zero-order valence-electron chi connectivity index (χ0n) is 14.9. The van der Waals surface area contributed by atoms with Crippen molar-refractivity contribution in [2.45, 2.75) is 12.1 Å². The quantitative estimate of drug-likeness (QED) is 0.482. The third-order valence-electron chi connectivity index (χ3n) is 3.74. The van der Waals surface area contributed by atoms with Gasteiger partial charge in [-0.1, -0.05) is 41.6 Å². The predicted octanol–water partition coefficient (Wildman–Crippen LogP) is 3.02. The molecule has 0 bridgehead atoms. The lowest BCUT2D eigenvalue weighted by molar-refractivity contribution is 0.590. The van der Waals surface area contributed by atoms with Crippen LogP contribution in [0.5, 0.6) is 0 Å². The molecule has 3 rings (SSSR count). The van der Waals surface area contributed by atoms with E-state index in [1.807, 2.05) is 31.2 Å². The third-order valence-corrected chi connectivity index (χ3v) is 5.40. The predicted molar refractivity (Wildman–Crippen MR) is 105 cm³/mol. The number of benzene rings is 2. The van der Waals surface area contributed by atoms with Crippen molar-refractivity contribution < 1.29 is 12.8 Å². The Hall–Kier alpha value is -2.23. The van der Waals surface area contributed by atoms with Gasteiger partial charge in [0.1, 0.15) is 5.82 Å². The van der Waals surface area contributed by atoms with Crippen molar-refractivity contribution in [3.63, 3.8) is 0 Å². The van der Waals surface area contributed by atoms with Crippen LogP contribution in [0.2, 0.25) is 0 Å². The maximum atomic E-state index is 14.3. The topological polar surface area (TPSA) is 76.9 Å². The van der Waals surface area contributed by atoms with Gasteiger partial charge in [0.05, 0.1) is 11.8 Å². The Balaban J connectivity index is 1.96. The molecule has 0 aliphatic heterocycles. The number of hydrogen-bond donors (Lipinski definition) is 1. The minimum atomic E-state index is -3.24. The number of nitrogens with one attached hydrogen (secondary N) is 1. The van der Waals surface area contributed by atoms with E-state index in [0.29, 0.717) is 22.3 Å². The summed E-state index contributed by atoms with van der Waals surface area (Å²) in [5.74, 6) is 0.484. The maximum absolute atomic E-state index is 14.3. The van der Waals surface area contributed by atoms with Gasteiger partial charge in [-0.2, -0.15) is 0 Å². The van der Waals surface area contributed by atoms with Gasteiger partial charge in [0, 0.05) is 18.0 Å². The van der Waals surface area contributed by atoms with E-state index in [1.54, 1.807) is 22.8 Å². The van der Waals surface area contributed by atoms with Crippen LogP contribution in [0.15, 0.2) is 53.7 Å². The van der Waals surface area contributed by atoms with Crippen LogP contribution in [-0.4, -0.2) is 41.7 Å². The van der Waals surface area contributed by atoms with Crippen LogP contribution < -0.4 is 4.72 Å². The van der Waals surface area contributed by atoms with Crippen LogP contribution in [0.25, 0.3) is 17.1 Å². The van der Waals surface area contributed by atoms with Gasteiger partial charge in [-0.05, 0) is 31.2 Å². The Kier molecular flexibility index (Phi) is 5.93. The normalized spacial score (nSPS) is 11.7. The average Bonchev–Trinajstić information content (AvgIpc) is 3.03. The summed E-state index contributed by atoms with van der Waals surface area (Å²) in [6, 6.07) is 14.2. The molecule has 6 nitrogen and oxygen atoms in total. The molecule has 1 aromatic heterocycles. The van der Waals surface area contributed by atoms with Crippen molar-refractivity contribution >= 4 is 21.8 Å². The molecule has 0 saturated carbocycles. The summed E-state index contributed by atoms with van der Waals surface area (Å²) >= 11 is 1.35. The van der Waals surface area contributed by atoms with E-state index in [2.05, 4.69) is 14.9 Å². The van der Waals surface area contributed by atoms with Crippen molar-refractivity contribution in [1.82, 2.24) is 19.5 Å². The molecule has 0 spiro atoms. The lowest BCUT2D eigenvalue weighted by atomic mass is 10.2. The smallest absolute Gasteiger partial charge is 0.208 e. The molecule has 0 aliphatic rings. The number of rotatable bonds is 7. The fourth-order valence-corrected chi connectivity index (χ4v) is 3.88. The molecule has 0 unspecified atom stereocenters. The summed E-state index contributed by atoms with van der Waals surface area (Å²) in [7, 11) is -3.24. The first-order chi connectivity index (χ1) is 12.8. The second kappa shape index (κ2) is 8.20. The fourth-order valence-electron chi connectivity index (χ4n) is 2.48. The minimum absolute atomic E-state index is 0.263. The third kappa shape index (κ3) is 4.94. The molecule has 1 N–H and O–H groups in total. The first-order valence-electron chi connectivity index (χ1n) is 8.20. The number of thioether (sulfide) groups is 1. The summed E-state index contributed by atoms with van der Waals surface area (Å²) < 4.78 is 40.9. The zero-order chi connectivity index (χ0) is 19.4. The molecule has 9 heteroatoms. The van der Waals surface area contributed by atoms with Gasteiger partial charge < -0.3 is 0 Å². The summed E-state index contributed by atoms with van der Waals surface area (Å²) in [6.45, 7) is 2.25. The van der Waals surface area contributed by atoms with E-state index in [1.165, 1.54) is 17.8 Å². The van der Waals surface area contributed by atoms with Gasteiger partial charge >= 0.3 is 0 Å². The second-order valence-corrected chi connectivity index (χ2v) is 8.87. The minimum Gasteiger partial charge on any atom is -0.270 e. The molecule has 1 heterocycles. The summed E-state index contributed by atoms with van der Waals surface area (Å²) in [5.41, 5.74) is 2.26. The number of aromatic nitrogens is 3. The molecule has 0 aliphatic carbocycles. The number of sulfonamides is 1. The van der Waals surface area contributed by atoms with Crippen LogP contribution in [0.4, 0.5) is 4.39 Å². The molecule has 2 aromatic carbocycles. The second-order valence-electron chi connectivity index (χ2n) is 5.97. The van der Waals surface area contributed by atoms with Crippen molar-refractivity contribution in [3.05, 3.63) is 59.9 Å². The van der Waals surface area contributed by atoms with Gasteiger partial charge in [-0.3, -0.25) is 4.57 Å². The molecular weight excluding hydrogens is 387 g/mol. The largest absolute Gasteiger partial charge is 0.270 e. The Morgan fingerprint density at radius 1 is 1.11 bits per heavy atom. The monoisotopic (exact) mass is 406 g/mol. The van der Waals surface area contributed by atoms with Crippen LogP contribution in [0.1, 0.15) is 5.56 Å².